The van der Waals surface area contributed by atoms with Crippen LogP contribution in [-0.2, 0) is 26.2 Å². The fraction of sp³-hybridized carbons (Fsp3) is 0.355. The molecular weight excluding hydrogens is 510 g/mol. The van der Waals surface area contributed by atoms with Gasteiger partial charge in [0.1, 0.15) is 12.6 Å². The molecule has 7 nitrogen and oxygen atoms in total. The number of sulfonamides is 1. The number of hydrogen-bond donors (Lipinski definition) is 1. The van der Waals surface area contributed by atoms with Crippen molar-refractivity contribution in [1.82, 2.24) is 10.2 Å². The minimum Gasteiger partial charge on any atom is -0.355 e. The fourth-order valence-corrected chi connectivity index (χ4v) is 5.75. The summed E-state index contributed by atoms with van der Waals surface area (Å²) in [5.74, 6) is -0.720. The molecule has 0 aromatic heterocycles. The Morgan fingerprint density at radius 2 is 1.41 bits per heavy atom. The van der Waals surface area contributed by atoms with Crippen LogP contribution in [0.15, 0.2) is 71.6 Å². The van der Waals surface area contributed by atoms with Crippen molar-refractivity contribution < 1.29 is 18.0 Å². The van der Waals surface area contributed by atoms with Crippen molar-refractivity contribution in [2.75, 3.05) is 17.4 Å². The number of rotatable bonds is 11. The molecule has 8 heteroatoms. The van der Waals surface area contributed by atoms with Crippen LogP contribution in [0.1, 0.15) is 48.1 Å². The Balaban J connectivity index is 2.08. The largest absolute Gasteiger partial charge is 0.355 e. The summed E-state index contributed by atoms with van der Waals surface area (Å²) in [6.07, 6.45) is 0.387. The van der Waals surface area contributed by atoms with Gasteiger partial charge in [0, 0.05) is 13.1 Å². The van der Waals surface area contributed by atoms with Gasteiger partial charge in [0.25, 0.3) is 10.0 Å². The van der Waals surface area contributed by atoms with Gasteiger partial charge in [-0.1, -0.05) is 60.5 Å². The van der Waals surface area contributed by atoms with Crippen LogP contribution in [0.2, 0.25) is 0 Å². The number of hydrogen-bond acceptors (Lipinski definition) is 4. The Morgan fingerprint density at radius 3 is 1.95 bits per heavy atom. The lowest BCUT2D eigenvalue weighted by molar-refractivity contribution is -0.140. The van der Waals surface area contributed by atoms with E-state index in [4.69, 9.17) is 0 Å². The van der Waals surface area contributed by atoms with Crippen molar-refractivity contribution in [2.45, 2.75) is 65.4 Å². The van der Waals surface area contributed by atoms with Gasteiger partial charge < -0.3 is 10.2 Å². The maximum absolute atomic E-state index is 14.0. The monoisotopic (exact) mass is 549 g/mol. The van der Waals surface area contributed by atoms with E-state index >= 15 is 0 Å². The number of anilines is 1. The number of likely N-dealkylation sites (N-methyl/N-ethyl adjacent to an activating group) is 1. The second-order valence-corrected chi connectivity index (χ2v) is 11.8. The van der Waals surface area contributed by atoms with Crippen molar-refractivity contribution in [3.05, 3.63) is 94.5 Å². The number of nitrogens with zero attached hydrogens (tertiary/aromatic N) is 2. The minimum atomic E-state index is -4.09. The summed E-state index contributed by atoms with van der Waals surface area (Å²) in [7, 11) is -4.09. The van der Waals surface area contributed by atoms with Gasteiger partial charge in [0.05, 0.1) is 10.6 Å². The number of aryl methyl sites for hydroxylation is 4. The van der Waals surface area contributed by atoms with Crippen LogP contribution < -0.4 is 9.62 Å². The summed E-state index contributed by atoms with van der Waals surface area (Å²) in [5, 5.41) is 2.82. The molecule has 1 N–H and O–H groups in total. The van der Waals surface area contributed by atoms with E-state index in [9.17, 15) is 18.0 Å². The van der Waals surface area contributed by atoms with Crippen molar-refractivity contribution in [1.29, 1.82) is 0 Å². The maximum atomic E-state index is 14.0. The van der Waals surface area contributed by atoms with Crippen molar-refractivity contribution >= 4 is 27.5 Å². The van der Waals surface area contributed by atoms with E-state index in [1.807, 2.05) is 71.9 Å². The first-order valence-corrected chi connectivity index (χ1v) is 14.7. The summed E-state index contributed by atoms with van der Waals surface area (Å²) < 4.78 is 29.0. The first-order valence-electron chi connectivity index (χ1n) is 13.3. The van der Waals surface area contributed by atoms with E-state index in [0.717, 1.165) is 32.1 Å². The molecule has 0 aliphatic rings. The second-order valence-electron chi connectivity index (χ2n) is 9.92. The molecule has 1 atom stereocenters. The molecule has 3 aromatic rings. The van der Waals surface area contributed by atoms with E-state index in [0.29, 0.717) is 18.7 Å². The molecule has 39 heavy (non-hydrogen) atoms. The van der Waals surface area contributed by atoms with Crippen LogP contribution in [-0.4, -0.2) is 44.3 Å². The SMILES string of the molecule is CCNC(=O)[C@H](CC)N(Cc1ccc(C)cc1)C(=O)CN(c1ccc(C)c(C)c1)S(=O)(=O)c1ccc(C)cc1. The predicted molar refractivity (Wildman–Crippen MR) is 156 cm³/mol. The number of benzene rings is 3. The fourth-order valence-electron chi connectivity index (χ4n) is 4.35. The van der Waals surface area contributed by atoms with E-state index < -0.39 is 28.5 Å². The highest BCUT2D eigenvalue weighted by Gasteiger charge is 2.33. The van der Waals surface area contributed by atoms with Crippen molar-refractivity contribution in [3.8, 4) is 0 Å². The molecule has 0 unspecified atom stereocenters. The van der Waals surface area contributed by atoms with Crippen molar-refractivity contribution in [2.24, 2.45) is 0 Å². The van der Waals surface area contributed by atoms with Crippen LogP contribution in [0, 0.1) is 27.7 Å². The smallest absolute Gasteiger partial charge is 0.264 e. The zero-order valence-corrected chi connectivity index (χ0v) is 24.5. The van der Waals surface area contributed by atoms with Gasteiger partial charge in [0.15, 0.2) is 0 Å². The van der Waals surface area contributed by atoms with E-state index in [1.165, 1.54) is 4.90 Å². The van der Waals surface area contributed by atoms with Gasteiger partial charge in [-0.2, -0.15) is 0 Å². The third-order valence-corrected chi connectivity index (χ3v) is 8.66. The Kier molecular flexibility index (Phi) is 9.92. The Morgan fingerprint density at radius 1 is 0.821 bits per heavy atom. The minimum absolute atomic E-state index is 0.0972. The highest BCUT2D eigenvalue weighted by atomic mass is 32.2. The third kappa shape index (κ3) is 7.26. The van der Waals surface area contributed by atoms with Crippen LogP contribution in [0.25, 0.3) is 0 Å². The maximum Gasteiger partial charge on any atom is 0.264 e. The Hall–Kier alpha value is -3.65. The molecular formula is C31H39N3O4S. The first-order chi connectivity index (χ1) is 18.5. The molecule has 0 aliphatic heterocycles. The van der Waals surface area contributed by atoms with Crippen LogP contribution >= 0.6 is 0 Å². The molecule has 208 valence electrons. The molecule has 2 amide bonds. The lowest BCUT2D eigenvalue weighted by Gasteiger charge is -2.33. The highest BCUT2D eigenvalue weighted by Crippen LogP contribution is 2.27. The summed E-state index contributed by atoms with van der Waals surface area (Å²) in [5.41, 5.74) is 5.19. The van der Waals surface area contributed by atoms with Gasteiger partial charge >= 0.3 is 0 Å². The molecule has 0 spiro atoms. The summed E-state index contributed by atoms with van der Waals surface area (Å²) in [6, 6.07) is 18.9. The summed E-state index contributed by atoms with van der Waals surface area (Å²) in [4.78, 5) is 28.6. The first kappa shape index (κ1) is 29.9. The van der Waals surface area contributed by atoms with Gasteiger partial charge in [-0.05, 0) is 82.0 Å². The number of amides is 2. The molecule has 0 aliphatic carbocycles. The molecule has 3 rings (SSSR count). The lowest BCUT2D eigenvalue weighted by atomic mass is 10.1. The Bertz CT molecular complexity index is 1400. The van der Waals surface area contributed by atoms with E-state index in [2.05, 4.69) is 5.32 Å². The summed E-state index contributed by atoms with van der Waals surface area (Å²) >= 11 is 0. The third-order valence-electron chi connectivity index (χ3n) is 6.88. The topological polar surface area (TPSA) is 86.8 Å². The normalized spacial score (nSPS) is 12.1. The number of nitrogens with one attached hydrogen (secondary N) is 1. The van der Waals surface area contributed by atoms with Gasteiger partial charge in [-0.15, -0.1) is 0 Å². The van der Waals surface area contributed by atoms with Crippen molar-refractivity contribution in [3.63, 3.8) is 0 Å². The molecule has 0 bridgehead atoms. The molecule has 0 fully saturated rings. The molecule has 0 heterocycles. The quantitative estimate of drug-likeness (QED) is 0.362. The average Bonchev–Trinajstić information content (AvgIpc) is 2.90. The molecule has 0 saturated carbocycles. The highest BCUT2D eigenvalue weighted by molar-refractivity contribution is 7.92. The zero-order valence-electron chi connectivity index (χ0n) is 23.7. The Labute approximate surface area is 232 Å². The van der Waals surface area contributed by atoms with E-state index in [-0.39, 0.29) is 17.3 Å². The molecule has 3 aromatic carbocycles. The number of carbonyl (C=O) groups is 2. The van der Waals surface area contributed by atoms with Gasteiger partial charge in [-0.3, -0.25) is 13.9 Å². The van der Waals surface area contributed by atoms with Gasteiger partial charge in [0.2, 0.25) is 11.8 Å². The molecule has 0 radical (unpaired) electrons. The van der Waals surface area contributed by atoms with Gasteiger partial charge in [-0.25, -0.2) is 8.42 Å². The zero-order chi connectivity index (χ0) is 28.7. The molecule has 0 saturated heterocycles. The second kappa shape index (κ2) is 12.9. The van der Waals surface area contributed by atoms with Crippen LogP contribution in [0.5, 0.6) is 0 Å². The van der Waals surface area contributed by atoms with E-state index in [1.54, 1.807) is 36.4 Å². The predicted octanol–water partition coefficient (Wildman–Crippen LogP) is 5.06. The number of carbonyl (C=O) groups excluding carboxylic acids is 2. The standard InChI is InChI=1S/C31H39N3O4S/c1-7-29(31(36)32-8-2)33(20-26-14-9-22(3)10-15-26)30(35)21-34(27-16-13-24(5)25(6)19-27)39(37,38)28-17-11-23(4)12-18-28/h9-19,29H,7-8,20-21H2,1-6H3,(H,32,36)/t29-/m0/s1. The average molecular weight is 550 g/mol. The van der Waals surface area contributed by atoms with Crippen LogP contribution in [0.4, 0.5) is 5.69 Å². The lowest BCUT2D eigenvalue weighted by Crippen LogP contribution is -2.52. The van der Waals surface area contributed by atoms with Crippen LogP contribution in [0.3, 0.4) is 0 Å². The summed E-state index contributed by atoms with van der Waals surface area (Å²) in [6.45, 7) is 11.6.